The number of anilines is 2. The second-order valence-corrected chi connectivity index (χ2v) is 5.84. The van der Waals surface area contributed by atoms with Crippen molar-refractivity contribution < 1.29 is 9.59 Å². The molecule has 2 amide bonds. The molecule has 4 rings (SSSR count). The minimum atomic E-state index is -0.679. The summed E-state index contributed by atoms with van der Waals surface area (Å²) in [6.07, 6.45) is 1.74. The Morgan fingerprint density at radius 2 is 1.76 bits per heavy atom. The summed E-state index contributed by atoms with van der Waals surface area (Å²) in [6.45, 7) is 0. The Morgan fingerprint density at radius 1 is 1.08 bits per heavy atom. The van der Waals surface area contributed by atoms with Crippen LogP contribution >= 0.6 is 0 Å². The maximum absolute atomic E-state index is 12.7. The number of nitrogens with one attached hydrogen (secondary N) is 2. The molecule has 0 saturated carbocycles. The van der Waals surface area contributed by atoms with Gasteiger partial charge in [0.15, 0.2) is 0 Å². The molecule has 25 heavy (non-hydrogen) atoms. The minimum Gasteiger partial charge on any atom is -0.324 e. The summed E-state index contributed by atoms with van der Waals surface area (Å²) in [5, 5.41) is 10.0. The molecule has 1 unspecified atom stereocenters. The fourth-order valence-corrected chi connectivity index (χ4v) is 2.95. The van der Waals surface area contributed by atoms with Gasteiger partial charge in [0.25, 0.3) is 0 Å². The molecule has 0 bridgehead atoms. The fourth-order valence-electron chi connectivity index (χ4n) is 2.95. The maximum atomic E-state index is 12.7. The van der Waals surface area contributed by atoms with Crippen molar-refractivity contribution in [2.45, 2.75) is 12.5 Å². The second kappa shape index (κ2) is 6.24. The van der Waals surface area contributed by atoms with Gasteiger partial charge in [0.1, 0.15) is 11.9 Å². The fraction of sp³-hybridized carbons (Fsp3) is 0.105. The SMILES string of the molecule is O=C1CC(C(=O)Nc2ccccc2)n2ncc(-c3ccccc3)c2N1. The number of amides is 2. The molecule has 0 fully saturated rings. The van der Waals surface area contributed by atoms with Crippen LogP contribution in [0.1, 0.15) is 12.5 Å². The number of nitrogens with zero attached hydrogens (tertiary/aromatic N) is 2. The van der Waals surface area contributed by atoms with E-state index in [1.165, 1.54) is 0 Å². The van der Waals surface area contributed by atoms with Crippen molar-refractivity contribution in [3.63, 3.8) is 0 Å². The van der Waals surface area contributed by atoms with Gasteiger partial charge >= 0.3 is 0 Å². The van der Waals surface area contributed by atoms with Gasteiger partial charge in [-0.25, -0.2) is 4.68 Å². The van der Waals surface area contributed by atoms with Crippen LogP contribution in [0.5, 0.6) is 0 Å². The highest BCUT2D eigenvalue weighted by Gasteiger charge is 2.33. The van der Waals surface area contributed by atoms with E-state index in [4.69, 9.17) is 0 Å². The molecule has 2 aromatic carbocycles. The van der Waals surface area contributed by atoms with Crippen LogP contribution in [0.25, 0.3) is 11.1 Å². The standard InChI is InChI=1S/C19H16N4O2/c24-17-11-16(19(25)21-14-9-5-2-6-10-14)23-18(22-17)15(12-20-23)13-7-3-1-4-8-13/h1-10,12,16H,11H2,(H,21,25)(H,22,24). The summed E-state index contributed by atoms with van der Waals surface area (Å²) in [5.74, 6) is 0.0964. The molecule has 2 N–H and O–H groups in total. The van der Waals surface area contributed by atoms with Gasteiger partial charge in [0, 0.05) is 11.3 Å². The highest BCUT2D eigenvalue weighted by molar-refractivity contribution is 6.03. The third-order valence-electron chi connectivity index (χ3n) is 4.16. The molecular weight excluding hydrogens is 316 g/mol. The van der Waals surface area contributed by atoms with Crippen LogP contribution in [0.15, 0.2) is 66.9 Å². The Labute approximate surface area is 144 Å². The number of hydrogen-bond donors (Lipinski definition) is 2. The number of fused-ring (bicyclic) bond motifs is 1. The van der Waals surface area contributed by atoms with Crippen molar-refractivity contribution >= 4 is 23.3 Å². The average molecular weight is 332 g/mol. The molecule has 1 aliphatic rings. The summed E-state index contributed by atoms with van der Waals surface area (Å²) in [6, 6.07) is 18.1. The molecule has 3 aromatic rings. The van der Waals surface area contributed by atoms with Crippen LogP contribution in [-0.4, -0.2) is 21.6 Å². The molecule has 0 radical (unpaired) electrons. The van der Waals surface area contributed by atoms with Crippen molar-refractivity contribution in [2.75, 3.05) is 10.6 Å². The molecular formula is C19H16N4O2. The average Bonchev–Trinajstić information content (AvgIpc) is 3.06. The van der Waals surface area contributed by atoms with Crippen LogP contribution in [-0.2, 0) is 9.59 Å². The van der Waals surface area contributed by atoms with E-state index in [2.05, 4.69) is 15.7 Å². The Balaban J connectivity index is 1.67. The first kappa shape index (κ1) is 15.1. The lowest BCUT2D eigenvalue weighted by Gasteiger charge is -2.24. The van der Waals surface area contributed by atoms with Crippen LogP contribution in [0, 0.1) is 0 Å². The van der Waals surface area contributed by atoms with Crippen LogP contribution in [0.2, 0.25) is 0 Å². The van der Waals surface area contributed by atoms with Crippen molar-refractivity contribution in [3.8, 4) is 11.1 Å². The van der Waals surface area contributed by atoms with Crippen molar-refractivity contribution in [3.05, 3.63) is 66.9 Å². The lowest BCUT2D eigenvalue weighted by molar-refractivity contribution is -0.125. The predicted molar refractivity (Wildman–Crippen MR) is 95.0 cm³/mol. The molecule has 124 valence electrons. The number of hydrogen-bond acceptors (Lipinski definition) is 3. The van der Waals surface area contributed by atoms with Gasteiger partial charge < -0.3 is 10.6 Å². The van der Waals surface area contributed by atoms with E-state index in [-0.39, 0.29) is 18.2 Å². The van der Waals surface area contributed by atoms with Crippen molar-refractivity contribution in [1.29, 1.82) is 0 Å². The summed E-state index contributed by atoms with van der Waals surface area (Å²) < 4.78 is 1.59. The molecule has 1 aromatic heterocycles. The topological polar surface area (TPSA) is 76.0 Å². The van der Waals surface area contributed by atoms with E-state index in [1.807, 2.05) is 48.5 Å². The molecule has 2 heterocycles. The van der Waals surface area contributed by atoms with Gasteiger partial charge in [-0.3, -0.25) is 9.59 Å². The number of aromatic nitrogens is 2. The zero-order valence-corrected chi connectivity index (χ0v) is 13.3. The van der Waals surface area contributed by atoms with Gasteiger partial charge in [-0.2, -0.15) is 5.10 Å². The van der Waals surface area contributed by atoms with Crippen LogP contribution in [0.4, 0.5) is 11.5 Å². The number of para-hydroxylation sites is 1. The minimum absolute atomic E-state index is 0.0571. The van der Waals surface area contributed by atoms with Crippen LogP contribution < -0.4 is 10.6 Å². The monoisotopic (exact) mass is 332 g/mol. The van der Waals surface area contributed by atoms with Gasteiger partial charge in [-0.15, -0.1) is 0 Å². The zero-order chi connectivity index (χ0) is 17.2. The molecule has 0 saturated heterocycles. The Hall–Kier alpha value is -3.41. The van der Waals surface area contributed by atoms with Crippen molar-refractivity contribution in [2.24, 2.45) is 0 Å². The second-order valence-electron chi connectivity index (χ2n) is 5.84. The first-order valence-electron chi connectivity index (χ1n) is 8.01. The molecule has 1 aliphatic heterocycles. The normalized spacial score (nSPS) is 16.0. The van der Waals surface area contributed by atoms with Crippen molar-refractivity contribution in [1.82, 2.24) is 9.78 Å². The smallest absolute Gasteiger partial charge is 0.249 e. The van der Waals surface area contributed by atoms with Gasteiger partial charge in [-0.1, -0.05) is 48.5 Å². The lowest BCUT2D eigenvalue weighted by Crippen LogP contribution is -2.35. The first-order valence-corrected chi connectivity index (χ1v) is 8.01. The molecule has 0 aliphatic carbocycles. The first-order chi connectivity index (χ1) is 12.2. The molecule has 1 atom stereocenters. The summed E-state index contributed by atoms with van der Waals surface area (Å²) in [7, 11) is 0. The third-order valence-corrected chi connectivity index (χ3v) is 4.16. The number of carbonyl (C=O) groups is 2. The zero-order valence-electron chi connectivity index (χ0n) is 13.3. The summed E-state index contributed by atoms with van der Waals surface area (Å²) in [4.78, 5) is 24.8. The highest BCUT2D eigenvalue weighted by atomic mass is 16.2. The Bertz CT molecular complexity index is 919. The van der Waals surface area contributed by atoms with E-state index in [0.29, 0.717) is 11.5 Å². The summed E-state index contributed by atoms with van der Waals surface area (Å²) >= 11 is 0. The van der Waals surface area contributed by atoms with E-state index >= 15 is 0 Å². The third kappa shape index (κ3) is 2.89. The Morgan fingerprint density at radius 3 is 2.48 bits per heavy atom. The lowest BCUT2D eigenvalue weighted by atomic mass is 10.1. The number of benzene rings is 2. The van der Waals surface area contributed by atoms with Gasteiger partial charge in [-0.05, 0) is 17.7 Å². The quantitative estimate of drug-likeness (QED) is 0.774. The van der Waals surface area contributed by atoms with E-state index in [1.54, 1.807) is 23.0 Å². The highest BCUT2D eigenvalue weighted by Crippen LogP contribution is 2.34. The van der Waals surface area contributed by atoms with E-state index in [9.17, 15) is 9.59 Å². The van der Waals surface area contributed by atoms with E-state index in [0.717, 1.165) is 11.1 Å². The molecule has 6 heteroatoms. The van der Waals surface area contributed by atoms with Gasteiger partial charge in [0.2, 0.25) is 11.8 Å². The largest absolute Gasteiger partial charge is 0.324 e. The number of carbonyl (C=O) groups excluding carboxylic acids is 2. The Kier molecular flexibility index (Phi) is 3.78. The number of rotatable bonds is 3. The summed E-state index contributed by atoms with van der Waals surface area (Å²) in [5.41, 5.74) is 2.43. The van der Waals surface area contributed by atoms with E-state index < -0.39 is 6.04 Å². The molecule has 0 spiro atoms. The van der Waals surface area contributed by atoms with Gasteiger partial charge in [0.05, 0.1) is 12.6 Å². The predicted octanol–water partition coefficient (Wildman–Crippen LogP) is 3.07. The van der Waals surface area contributed by atoms with Crippen LogP contribution in [0.3, 0.4) is 0 Å². The maximum Gasteiger partial charge on any atom is 0.249 e. The molecule has 6 nitrogen and oxygen atoms in total.